The maximum absolute atomic E-state index is 11.9. The van der Waals surface area contributed by atoms with Crippen LogP contribution in [0.1, 0.15) is 38.4 Å². The maximum atomic E-state index is 11.9. The molecule has 5 nitrogen and oxygen atoms in total. The first-order valence-electron chi connectivity index (χ1n) is 6.64. The Balaban J connectivity index is 2.41. The SMILES string of the molecule is CCCC(Cc1nc(COCC(F)(F)F)no1)NCC. The zero-order chi connectivity index (χ0) is 15.0. The molecule has 0 bridgehead atoms. The first-order valence-corrected chi connectivity index (χ1v) is 6.64. The van der Waals surface area contributed by atoms with Crippen LogP contribution in [0.3, 0.4) is 0 Å². The first kappa shape index (κ1) is 16.9. The lowest BCUT2D eigenvalue weighted by Gasteiger charge is -2.14. The number of rotatable bonds is 9. The van der Waals surface area contributed by atoms with Crippen molar-refractivity contribution in [3.05, 3.63) is 11.7 Å². The summed E-state index contributed by atoms with van der Waals surface area (Å²) in [6.07, 6.45) is -1.79. The lowest BCUT2D eigenvalue weighted by molar-refractivity contribution is -0.177. The van der Waals surface area contributed by atoms with Gasteiger partial charge in [-0.3, -0.25) is 0 Å². The predicted octanol–water partition coefficient (Wildman–Crippen LogP) is 2.47. The number of nitrogens with zero attached hydrogens (tertiary/aromatic N) is 2. The number of ether oxygens (including phenoxy) is 1. The van der Waals surface area contributed by atoms with Gasteiger partial charge in [-0.05, 0) is 13.0 Å². The third kappa shape index (κ3) is 6.85. The summed E-state index contributed by atoms with van der Waals surface area (Å²) in [5.74, 6) is 0.547. The van der Waals surface area contributed by atoms with Crippen molar-refractivity contribution in [3.8, 4) is 0 Å². The van der Waals surface area contributed by atoms with E-state index >= 15 is 0 Å². The van der Waals surface area contributed by atoms with E-state index in [0.29, 0.717) is 12.3 Å². The Hall–Kier alpha value is -1.15. The van der Waals surface area contributed by atoms with Gasteiger partial charge >= 0.3 is 6.18 Å². The summed E-state index contributed by atoms with van der Waals surface area (Å²) >= 11 is 0. The van der Waals surface area contributed by atoms with Gasteiger partial charge in [-0.15, -0.1) is 0 Å². The molecule has 8 heteroatoms. The molecule has 0 aliphatic rings. The Kier molecular flexibility index (Phi) is 6.94. The van der Waals surface area contributed by atoms with Gasteiger partial charge in [-0.2, -0.15) is 18.2 Å². The van der Waals surface area contributed by atoms with Crippen LogP contribution in [-0.4, -0.2) is 35.5 Å². The van der Waals surface area contributed by atoms with E-state index < -0.39 is 12.8 Å². The molecule has 0 fully saturated rings. The largest absolute Gasteiger partial charge is 0.411 e. The van der Waals surface area contributed by atoms with E-state index in [0.717, 1.165) is 19.4 Å². The Morgan fingerprint density at radius 2 is 2.10 bits per heavy atom. The van der Waals surface area contributed by atoms with Crippen molar-refractivity contribution in [2.75, 3.05) is 13.2 Å². The fourth-order valence-corrected chi connectivity index (χ4v) is 1.81. The highest BCUT2D eigenvalue weighted by Crippen LogP contribution is 2.15. The average Bonchev–Trinajstić information content (AvgIpc) is 2.76. The molecule has 0 radical (unpaired) electrons. The molecule has 0 amide bonds. The summed E-state index contributed by atoms with van der Waals surface area (Å²) in [4.78, 5) is 4.02. The quantitative estimate of drug-likeness (QED) is 0.758. The van der Waals surface area contributed by atoms with Crippen molar-refractivity contribution >= 4 is 0 Å². The van der Waals surface area contributed by atoms with Crippen LogP contribution in [0, 0.1) is 0 Å². The topological polar surface area (TPSA) is 60.2 Å². The summed E-state index contributed by atoms with van der Waals surface area (Å²) in [7, 11) is 0. The molecule has 0 aliphatic heterocycles. The molecule has 0 spiro atoms. The normalized spacial score (nSPS) is 13.7. The number of hydrogen-bond acceptors (Lipinski definition) is 5. The van der Waals surface area contributed by atoms with Crippen LogP contribution >= 0.6 is 0 Å². The fraction of sp³-hybridized carbons (Fsp3) is 0.833. The molecular formula is C12H20F3N3O2. The summed E-state index contributed by atoms with van der Waals surface area (Å²) in [6, 6.07) is 0.231. The molecule has 0 aliphatic carbocycles. The predicted molar refractivity (Wildman–Crippen MR) is 66.1 cm³/mol. The van der Waals surface area contributed by atoms with Gasteiger partial charge in [0.05, 0.1) is 0 Å². The standard InChI is InChI=1S/C12H20F3N3O2/c1-3-5-9(16-4-2)6-11-17-10(18-20-11)7-19-8-12(13,14)15/h9,16H,3-8H2,1-2H3. The lowest BCUT2D eigenvalue weighted by Crippen LogP contribution is -2.30. The Morgan fingerprint density at radius 1 is 1.35 bits per heavy atom. The Morgan fingerprint density at radius 3 is 2.70 bits per heavy atom. The molecule has 0 saturated heterocycles. The van der Waals surface area contributed by atoms with Crippen LogP contribution in [0.4, 0.5) is 13.2 Å². The van der Waals surface area contributed by atoms with E-state index in [1.807, 2.05) is 6.92 Å². The van der Waals surface area contributed by atoms with Crippen molar-refractivity contribution in [2.24, 2.45) is 0 Å². The van der Waals surface area contributed by atoms with Gasteiger partial charge in [-0.25, -0.2) is 0 Å². The van der Waals surface area contributed by atoms with Gasteiger partial charge in [0, 0.05) is 12.5 Å². The number of likely N-dealkylation sites (N-methyl/N-ethyl adjacent to an activating group) is 1. The average molecular weight is 295 g/mol. The molecule has 1 atom stereocenters. The monoisotopic (exact) mass is 295 g/mol. The van der Waals surface area contributed by atoms with Crippen molar-refractivity contribution < 1.29 is 22.4 Å². The second-order valence-electron chi connectivity index (χ2n) is 4.46. The third-order valence-electron chi connectivity index (χ3n) is 2.56. The van der Waals surface area contributed by atoms with Gasteiger partial charge in [0.1, 0.15) is 13.2 Å². The molecular weight excluding hydrogens is 275 g/mol. The fourth-order valence-electron chi connectivity index (χ4n) is 1.81. The Labute approximate surface area is 115 Å². The molecule has 1 N–H and O–H groups in total. The zero-order valence-electron chi connectivity index (χ0n) is 11.7. The highest BCUT2D eigenvalue weighted by atomic mass is 19.4. The van der Waals surface area contributed by atoms with Gasteiger partial charge in [0.15, 0.2) is 5.82 Å². The number of aromatic nitrogens is 2. The van der Waals surface area contributed by atoms with E-state index in [2.05, 4.69) is 27.1 Å². The van der Waals surface area contributed by atoms with Crippen molar-refractivity contribution in [2.45, 2.75) is 51.9 Å². The van der Waals surface area contributed by atoms with Crippen molar-refractivity contribution in [3.63, 3.8) is 0 Å². The Bertz CT molecular complexity index is 376. The minimum absolute atomic E-state index is 0.135. The summed E-state index contributed by atoms with van der Waals surface area (Å²) in [5, 5.41) is 6.90. The summed E-state index contributed by atoms with van der Waals surface area (Å²) in [5.41, 5.74) is 0. The highest BCUT2D eigenvalue weighted by molar-refractivity contribution is 4.88. The number of alkyl halides is 3. The highest BCUT2D eigenvalue weighted by Gasteiger charge is 2.27. The summed E-state index contributed by atoms with van der Waals surface area (Å²) < 4.78 is 45.2. The molecule has 1 aromatic heterocycles. The van der Waals surface area contributed by atoms with E-state index in [4.69, 9.17) is 4.52 Å². The number of nitrogens with one attached hydrogen (secondary N) is 1. The minimum Gasteiger partial charge on any atom is -0.364 e. The molecule has 1 unspecified atom stereocenters. The lowest BCUT2D eigenvalue weighted by atomic mass is 10.1. The molecule has 20 heavy (non-hydrogen) atoms. The zero-order valence-corrected chi connectivity index (χ0v) is 11.7. The van der Waals surface area contributed by atoms with Crippen LogP contribution in [0.2, 0.25) is 0 Å². The van der Waals surface area contributed by atoms with Crippen LogP contribution in [0.25, 0.3) is 0 Å². The van der Waals surface area contributed by atoms with Gasteiger partial charge < -0.3 is 14.6 Å². The van der Waals surface area contributed by atoms with Crippen LogP contribution in [0.15, 0.2) is 4.52 Å². The number of hydrogen-bond donors (Lipinski definition) is 1. The van der Waals surface area contributed by atoms with E-state index in [9.17, 15) is 13.2 Å². The third-order valence-corrected chi connectivity index (χ3v) is 2.56. The molecule has 1 aromatic rings. The van der Waals surface area contributed by atoms with Crippen molar-refractivity contribution in [1.29, 1.82) is 0 Å². The minimum atomic E-state index is -4.34. The smallest absolute Gasteiger partial charge is 0.364 e. The molecule has 1 rings (SSSR count). The van der Waals surface area contributed by atoms with E-state index in [1.54, 1.807) is 0 Å². The van der Waals surface area contributed by atoms with Crippen LogP contribution in [0.5, 0.6) is 0 Å². The summed E-state index contributed by atoms with van der Waals surface area (Å²) in [6.45, 7) is 3.30. The van der Waals surface area contributed by atoms with Crippen LogP contribution in [-0.2, 0) is 17.8 Å². The van der Waals surface area contributed by atoms with Gasteiger partial charge in [-0.1, -0.05) is 25.4 Å². The first-order chi connectivity index (χ1) is 9.44. The second-order valence-corrected chi connectivity index (χ2v) is 4.46. The molecule has 116 valence electrons. The van der Waals surface area contributed by atoms with Crippen LogP contribution < -0.4 is 5.32 Å². The van der Waals surface area contributed by atoms with Gasteiger partial charge in [0.2, 0.25) is 5.89 Å². The van der Waals surface area contributed by atoms with Gasteiger partial charge in [0.25, 0.3) is 0 Å². The maximum Gasteiger partial charge on any atom is 0.411 e. The molecule has 1 heterocycles. The van der Waals surface area contributed by atoms with Crippen molar-refractivity contribution in [1.82, 2.24) is 15.5 Å². The van der Waals surface area contributed by atoms with E-state index in [-0.39, 0.29) is 18.5 Å². The van der Waals surface area contributed by atoms with E-state index in [1.165, 1.54) is 0 Å². The molecule has 0 aromatic carbocycles. The molecule has 0 saturated carbocycles. The number of halogens is 3. The second kappa shape index (κ2) is 8.21.